The van der Waals surface area contributed by atoms with Crippen molar-refractivity contribution < 1.29 is 9.47 Å². The predicted octanol–water partition coefficient (Wildman–Crippen LogP) is 3.32. The van der Waals surface area contributed by atoms with Gasteiger partial charge in [-0.15, -0.1) is 10.2 Å². The van der Waals surface area contributed by atoms with Crippen LogP contribution in [0.5, 0.6) is 5.75 Å². The van der Waals surface area contributed by atoms with Gasteiger partial charge in [0.05, 0.1) is 6.10 Å². The molecule has 1 fully saturated rings. The number of rotatable bonds is 6. The summed E-state index contributed by atoms with van der Waals surface area (Å²) in [5, 5.41) is 10.0. The first-order valence-corrected chi connectivity index (χ1v) is 8.60. The van der Waals surface area contributed by atoms with Crippen LogP contribution in [0.1, 0.15) is 18.7 Å². The van der Waals surface area contributed by atoms with Crippen molar-refractivity contribution in [2.75, 3.05) is 12.4 Å². The van der Waals surface area contributed by atoms with Crippen LogP contribution in [0.25, 0.3) is 0 Å². The number of thioether (sulfide) groups is 1. The summed E-state index contributed by atoms with van der Waals surface area (Å²) in [6.45, 7) is 1.26. The zero-order valence-corrected chi connectivity index (χ0v) is 13.9. The second kappa shape index (κ2) is 7.35. The van der Waals surface area contributed by atoms with Gasteiger partial charge in [-0.2, -0.15) is 0 Å². The first kappa shape index (κ1) is 15.6. The third kappa shape index (κ3) is 3.94. The molecular formula is C15H18ClN3O2S. The number of hydrogen-bond donors (Lipinski definition) is 0. The summed E-state index contributed by atoms with van der Waals surface area (Å²) < 4.78 is 13.3. The summed E-state index contributed by atoms with van der Waals surface area (Å²) >= 11 is 7.53. The molecule has 1 aromatic heterocycles. The largest absolute Gasteiger partial charge is 0.486 e. The van der Waals surface area contributed by atoms with Crippen LogP contribution in [-0.4, -0.2) is 33.2 Å². The Kier molecular flexibility index (Phi) is 5.23. The van der Waals surface area contributed by atoms with Crippen LogP contribution >= 0.6 is 23.4 Å². The number of benzene rings is 1. The minimum Gasteiger partial charge on any atom is -0.486 e. The Hall–Kier alpha value is -1.24. The molecule has 0 aliphatic carbocycles. The Balaban J connectivity index is 1.54. The third-order valence-electron chi connectivity index (χ3n) is 3.53. The lowest BCUT2D eigenvalue weighted by molar-refractivity contribution is 0.129. The smallest absolute Gasteiger partial charge is 0.191 e. The van der Waals surface area contributed by atoms with Gasteiger partial charge in [0, 0.05) is 24.4 Å². The van der Waals surface area contributed by atoms with Crippen molar-refractivity contribution in [3.63, 3.8) is 0 Å². The van der Waals surface area contributed by atoms with E-state index in [2.05, 4.69) is 10.2 Å². The first-order valence-electron chi connectivity index (χ1n) is 7.23. The maximum atomic E-state index is 5.85. The van der Waals surface area contributed by atoms with Crippen molar-refractivity contribution >= 4 is 23.4 Å². The molecular weight excluding hydrogens is 322 g/mol. The number of aromatic nitrogens is 3. The average molecular weight is 340 g/mol. The van der Waals surface area contributed by atoms with Gasteiger partial charge >= 0.3 is 0 Å². The van der Waals surface area contributed by atoms with Gasteiger partial charge in [0.15, 0.2) is 11.0 Å². The van der Waals surface area contributed by atoms with E-state index in [1.807, 2.05) is 23.7 Å². The van der Waals surface area contributed by atoms with Crippen LogP contribution in [0.3, 0.4) is 0 Å². The molecule has 1 unspecified atom stereocenters. The molecule has 1 atom stereocenters. The fourth-order valence-corrected chi connectivity index (χ4v) is 3.34. The summed E-state index contributed by atoms with van der Waals surface area (Å²) in [5.74, 6) is 2.48. The van der Waals surface area contributed by atoms with E-state index in [1.54, 1.807) is 23.9 Å². The second-order valence-corrected chi connectivity index (χ2v) is 6.57. The maximum Gasteiger partial charge on any atom is 0.191 e. The van der Waals surface area contributed by atoms with Gasteiger partial charge in [0.2, 0.25) is 0 Å². The Morgan fingerprint density at radius 3 is 2.91 bits per heavy atom. The zero-order valence-electron chi connectivity index (χ0n) is 12.4. The van der Waals surface area contributed by atoms with Gasteiger partial charge < -0.3 is 14.0 Å². The molecule has 0 N–H and O–H groups in total. The summed E-state index contributed by atoms with van der Waals surface area (Å²) in [7, 11) is 1.96. The Labute approximate surface area is 139 Å². The number of hydrogen-bond acceptors (Lipinski definition) is 5. The molecule has 0 bridgehead atoms. The van der Waals surface area contributed by atoms with Crippen LogP contribution in [-0.2, 0) is 18.4 Å². The highest BCUT2D eigenvalue weighted by molar-refractivity contribution is 7.99. The summed E-state index contributed by atoms with van der Waals surface area (Å²) in [6.07, 6.45) is 2.64. The van der Waals surface area contributed by atoms with Crippen molar-refractivity contribution in [2.45, 2.75) is 30.7 Å². The molecule has 0 spiro atoms. The lowest BCUT2D eigenvalue weighted by Crippen LogP contribution is -2.09. The molecule has 1 aliphatic rings. The monoisotopic (exact) mass is 339 g/mol. The standard InChI is InChI=1S/C15H18ClN3O2S/c1-19-14(9-21-12-6-4-11(16)5-7-12)17-18-15(19)22-10-13-3-2-8-20-13/h4-7,13H,2-3,8-10H2,1H3. The molecule has 5 nitrogen and oxygen atoms in total. The summed E-state index contributed by atoms with van der Waals surface area (Å²) in [6, 6.07) is 7.28. The van der Waals surface area contributed by atoms with Crippen molar-refractivity contribution in [2.24, 2.45) is 7.05 Å². The summed E-state index contributed by atoms with van der Waals surface area (Å²) in [4.78, 5) is 0. The molecule has 3 rings (SSSR count). The van der Waals surface area contributed by atoms with Crippen molar-refractivity contribution in [1.29, 1.82) is 0 Å². The van der Waals surface area contributed by atoms with E-state index in [-0.39, 0.29) is 0 Å². The van der Waals surface area contributed by atoms with Gasteiger partial charge in [-0.25, -0.2) is 0 Å². The molecule has 2 heterocycles. The minimum absolute atomic E-state index is 0.343. The van der Waals surface area contributed by atoms with E-state index in [4.69, 9.17) is 21.1 Å². The lowest BCUT2D eigenvalue weighted by atomic mass is 10.3. The average Bonchev–Trinajstić information content (AvgIpc) is 3.15. The van der Waals surface area contributed by atoms with Gasteiger partial charge in [0.25, 0.3) is 0 Å². The molecule has 0 radical (unpaired) electrons. The molecule has 1 aliphatic heterocycles. The van der Waals surface area contributed by atoms with Crippen molar-refractivity contribution in [1.82, 2.24) is 14.8 Å². The van der Waals surface area contributed by atoms with E-state index >= 15 is 0 Å². The number of ether oxygens (including phenoxy) is 2. The zero-order chi connectivity index (χ0) is 15.4. The minimum atomic E-state index is 0.343. The maximum absolute atomic E-state index is 5.85. The molecule has 118 valence electrons. The van der Waals surface area contributed by atoms with Crippen LogP contribution in [0.15, 0.2) is 29.4 Å². The quantitative estimate of drug-likeness (QED) is 0.756. The first-order chi connectivity index (χ1) is 10.7. The van der Waals surface area contributed by atoms with E-state index < -0.39 is 0 Å². The molecule has 1 aromatic carbocycles. The number of halogens is 1. The highest BCUT2D eigenvalue weighted by Gasteiger charge is 2.18. The molecule has 1 saturated heterocycles. The van der Waals surface area contributed by atoms with Gasteiger partial charge in [-0.3, -0.25) is 0 Å². The fraction of sp³-hybridized carbons (Fsp3) is 0.467. The lowest BCUT2D eigenvalue weighted by Gasteiger charge is -2.09. The predicted molar refractivity (Wildman–Crippen MR) is 86.5 cm³/mol. The van der Waals surface area contributed by atoms with Gasteiger partial charge in [-0.1, -0.05) is 23.4 Å². The third-order valence-corrected chi connectivity index (χ3v) is 4.93. The highest BCUT2D eigenvalue weighted by Crippen LogP contribution is 2.23. The summed E-state index contributed by atoms with van der Waals surface area (Å²) in [5.41, 5.74) is 0. The van der Waals surface area contributed by atoms with Gasteiger partial charge in [-0.05, 0) is 37.1 Å². The van der Waals surface area contributed by atoms with E-state index in [0.29, 0.717) is 17.7 Å². The van der Waals surface area contributed by atoms with Gasteiger partial charge in [0.1, 0.15) is 12.4 Å². The van der Waals surface area contributed by atoms with Crippen LogP contribution in [0.2, 0.25) is 5.02 Å². The Morgan fingerprint density at radius 1 is 1.36 bits per heavy atom. The Morgan fingerprint density at radius 2 is 2.18 bits per heavy atom. The van der Waals surface area contributed by atoms with E-state index in [1.165, 1.54) is 0 Å². The molecule has 0 amide bonds. The molecule has 0 saturated carbocycles. The van der Waals surface area contributed by atoms with Crippen molar-refractivity contribution in [3.8, 4) is 5.75 Å². The SMILES string of the molecule is Cn1c(COc2ccc(Cl)cc2)nnc1SCC1CCCO1. The van der Waals surface area contributed by atoms with E-state index in [0.717, 1.165) is 41.9 Å². The molecule has 7 heteroatoms. The number of nitrogens with zero attached hydrogens (tertiary/aromatic N) is 3. The topological polar surface area (TPSA) is 49.2 Å². The van der Waals surface area contributed by atoms with E-state index in [9.17, 15) is 0 Å². The van der Waals surface area contributed by atoms with Crippen LogP contribution < -0.4 is 4.74 Å². The second-order valence-electron chi connectivity index (χ2n) is 5.15. The van der Waals surface area contributed by atoms with Crippen LogP contribution in [0, 0.1) is 0 Å². The van der Waals surface area contributed by atoms with Crippen LogP contribution in [0.4, 0.5) is 0 Å². The highest BCUT2D eigenvalue weighted by atomic mass is 35.5. The Bertz CT molecular complexity index is 612. The normalized spacial score (nSPS) is 17.8. The van der Waals surface area contributed by atoms with Crippen molar-refractivity contribution in [3.05, 3.63) is 35.1 Å². The fourth-order valence-electron chi connectivity index (χ4n) is 2.22. The molecule has 22 heavy (non-hydrogen) atoms. The molecule has 2 aromatic rings.